The molecule has 3 rings (SSSR count). The Kier molecular flexibility index (Phi) is 6.83. The molecule has 0 amide bonds. The summed E-state index contributed by atoms with van der Waals surface area (Å²) < 4.78 is 1.77. The number of hydrogen-bond acceptors (Lipinski definition) is 2. The van der Waals surface area contributed by atoms with Crippen LogP contribution in [0.2, 0.25) is 5.02 Å². The maximum atomic E-state index is 13.5. The first-order valence-corrected chi connectivity index (χ1v) is 10.9. The molecule has 5 heteroatoms. The largest absolute Gasteiger partial charge is 0.867 e. The van der Waals surface area contributed by atoms with E-state index < -0.39 is 0 Å². The number of pyridine rings is 1. The molecule has 3 nitrogen and oxygen atoms in total. The standard InChI is InChI=1S/C26H27ClN2OS/c1-17-13-18(2)15-22(14-17)28-25(31)23(24(30)19-7-6-8-21(27)16-19)29-11-9-20(10-12-29)26(3,4)5/h6-16H,1-5H3,(H-,28,30,31). The zero-order valence-corrected chi connectivity index (χ0v) is 20.1. The molecule has 0 aliphatic heterocycles. The van der Waals surface area contributed by atoms with Gasteiger partial charge in [0.2, 0.25) is 5.70 Å². The van der Waals surface area contributed by atoms with E-state index in [-0.39, 0.29) is 11.2 Å². The fourth-order valence-corrected chi connectivity index (χ4v) is 3.92. The molecule has 3 aromatic rings. The molecule has 1 N–H and O–H groups in total. The first kappa shape index (κ1) is 23.0. The SMILES string of the molecule is Cc1cc(C)cc(NC(=S)C(=C([O-])c2cccc(Cl)c2)[n+]2ccc(C(C)(C)C)cc2)c1. The number of aromatic nitrogens is 1. The minimum absolute atomic E-state index is 0.00800. The Bertz CT molecular complexity index is 1120. The van der Waals surface area contributed by atoms with Gasteiger partial charge in [-0.25, -0.2) is 0 Å². The molecule has 0 spiro atoms. The van der Waals surface area contributed by atoms with E-state index in [1.807, 2.05) is 50.5 Å². The molecule has 0 aliphatic carbocycles. The second kappa shape index (κ2) is 9.21. The van der Waals surface area contributed by atoms with Crippen molar-refractivity contribution in [1.82, 2.24) is 0 Å². The van der Waals surface area contributed by atoms with Crippen molar-refractivity contribution in [3.63, 3.8) is 0 Å². The van der Waals surface area contributed by atoms with Gasteiger partial charge in [-0.1, -0.05) is 62.8 Å². The summed E-state index contributed by atoms with van der Waals surface area (Å²) in [5.41, 5.74) is 5.13. The van der Waals surface area contributed by atoms with Crippen LogP contribution in [0, 0.1) is 13.8 Å². The molecule has 0 saturated carbocycles. The van der Waals surface area contributed by atoms with E-state index in [1.165, 1.54) is 5.56 Å². The van der Waals surface area contributed by atoms with Gasteiger partial charge in [-0.05, 0) is 71.5 Å². The third-order valence-electron chi connectivity index (χ3n) is 4.95. The molecule has 0 unspecified atom stereocenters. The highest BCUT2D eigenvalue weighted by Gasteiger charge is 2.21. The summed E-state index contributed by atoms with van der Waals surface area (Å²) in [6, 6.07) is 17.1. The van der Waals surface area contributed by atoms with Crippen molar-refractivity contribution in [2.24, 2.45) is 0 Å². The van der Waals surface area contributed by atoms with Gasteiger partial charge in [0, 0.05) is 22.8 Å². The Balaban J connectivity index is 2.10. The zero-order chi connectivity index (χ0) is 22.8. The van der Waals surface area contributed by atoms with Crippen molar-refractivity contribution in [1.29, 1.82) is 0 Å². The van der Waals surface area contributed by atoms with E-state index in [0.717, 1.165) is 16.8 Å². The number of thiocarbonyl (C=S) groups is 1. The molecule has 1 aromatic heterocycles. The Hall–Kier alpha value is -2.69. The van der Waals surface area contributed by atoms with E-state index in [1.54, 1.807) is 28.8 Å². The molecular weight excluding hydrogens is 424 g/mol. The number of nitrogens with one attached hydrogen (secondary N) is 1. The van der Waals surface area contributed by atoms with Gasteiger partial charge in [0.15, 0.2) is 17.4 Å². The van der Waals surface area contributed by atoms with E-state index in [9.17, 15) is 5.11 Å². The van der Waals surface area contributed by atoms with Gasteiger partial charge >= 0.3 is 0 Å². The van der Waals surface area contributed by atoms with Gasteiger partial charge in [-0.2, -0.15) is 4.57 Å². The van der Waals surface area contributed by atoms with E-state index >= 15 is 0 Å². The molecule has 0 bridgehead atoms. The van der Waals surface area contributed by atoms with Crippen LogP contribution in [0.4, 0.5) is 5.69 Å². The monoisotopic (exact) mass is 450 g/mol. The fourth-order valence-electron chi connectivity index (χ4n) is 3.42. The summed E-state index contributed by atoms with van der Waals surface area (Å²) >= 11 is 11.9. The molecule has 0 aliphatic rings. The summed E-state index contributed by atoms with van der Waals surface area (Å²) in [5, 5.41) is 17.3. The highest BCUT2D eigenvalue weighted by molar-refractivity contribution is 7.81. The number of aryl methyl sites for hydroxylation is 2. The lowest BCUT2D eigenvalue weighted by Gasteiger charge is -2.20. The average molecular weight is 451 g/mol. The van der Waals surface area contributed by atoms with Crippen LogP contribution < -0.4 is 15.0 Å². The van der Waals surface area contributed by atoms with Crippen LogP contribution in [0.3, 0.4) is 0 Å². The van der Waals surface area contributed by atoms with Crippen molar-refractivity contribution < 1.29 is 9.67 Å². The smallest absolute Gasteiger partial charge is 0.238 e. The molecule has 0 saturated heterocycles. The van der Waals surface area contributed by atoms with Crippen LogP contribution in [0.5, 0.6) is 0 Å². The topological polar surface area (TPSA) is 39.0 Å². The number of rotatable bonds is 4. The highest BCUT2D eigenvalue weighted by Crippen LogP contribution is 2.23. The first-order chi connectivity index (χ1) is 14.5. The lowest BCUT2D eigenvalue weighted by molar-refractivity contribution is -0.577. The molecular formula is C26H27ClN2OS. The summed E-state index contributed by atoms with van der Waals surface area (Å²) in [5.74, 6) is -0.196. The second-order valence-corrected chi connectivity index (χ2v) is 9.61. The molecule has 31 heavy (non-hydrogen) atoms. The van der Waals surface area contributed by atoms with Gasteiger partial charge in [0.25, 0.3) is 0 Å². The number of benzene rings is 2. The third-order valence-corrected chi connectivity index (χ3v) is 5.48. The quantitative estimate of drug-likeness (QED) is 0.241. The highest BCUT2D eigenvalue weighted by atomic mass is 35.5. The number of hydrogen-bond donors (Lipinski definition) is 1. The van der Waals surface area contributed by atoms with Gasteiger partial charge in [0.05, 0.1) is 0 Å². The average Bonchev–Trinajstić information content (AvgIpc) is 2.67. The van der Waals surface area contributed by atoms with E-state index in [0.29, 0.717) is 21.3 Å². The molecule has 0 fully saturated rings. The summed E-state index contributed by atoms with van der Waals surface area (Å²) in [6.45, 7) is 10.5. The molecule has 0 atom stereocenters. The van der Waals surface area contributed by atoms with Crippen LogP contribution in [0.25, 0.3) is 11.5 Å². The zero-order valence-electron chi connectivity index (χ0n) is 18.5. The van der Waals surface area contributed by atoms with Crippen LogP contribution >= 0.6 is 23.8 Å². The summed E-state index contributed by atoms with van der Waals surface area (Å²) in [6.07, 6.45) is 3.77. The summed E-state index contributed by atoms with van der Waals surface area (Å²) in [4.78, 5) is 0.350. The maximum Gasteiger partial charge on any atom is 0.238 e. The van der Waals surface area contributed by atoms with Crippen LogP contribution in [0.1, 0.15) is 43.0 Å². The van der Waals surface area contributed by atoms with E-state index in [2.05, 4.69) is 32.2 Å². The van der Waals surface area contributed by atoms with Crippen LogP contribution in [-0.4, -0.2) is 4.99 Å². The Morgan fingerprint density at radius 2 is 1.58 bits per heavy atom. The van der Waals surface area contributed by atoms with Gasteiger partial charge in [0.1, 0.15) is 0 Å². The minimum atomic E-state index is -0.196. The lowest BCUT2D eigenvalue weighted by Crippen LogP contribution is -2.40. The molecule has 1 heterocycles. The van der Waals surface area contributed by atoms with Crippen LogP contribution in [0.15, 0.2) is 67.0 Å². The van der Waals surface area contributed by atoms with E-state index in [4.69, 9.17) is 23.8 Å². The summed E-state index contributed by atoms with van der Waals surface area (Å²) in [7, 11) is 0. The lowest BCUT2D eigenvalue weighted by atomic mass is 9.88. The number of halogens is 1. The van der Waals surface area contributed by atoms with Gasteiger partial charge in [-0.3, -0.25) is 0 Å². The van der Waals surface area contributed by atoms with Gasteiger partial charge in [-0.15, -0.1) is 0 Å². The fraction of sp³-hybridized carbons (Fsp3) is 0.231. The maximum absolute atomic E-state index is 13.5. The van der Waals surface area contributed by atoms with Crippen molar-refractivity contribution in [3.05, 3.63) is 94.3 Å². The molecule has 160 valence electrons. The van der Waals surface area contributed by atoms with Crippen molar-refractivity contribution >= 4 is 46.0 Å². The Morgan fingerprint density at radius 1 is 0.968 bits per heavy atom. The molecule has 2 aromatic carbocycles. The van der Waals surface area contributed by atoms with Crippen LogP contribution in [-0.2, 0) is 5.41 Å². The normalized spacial score (nSPS) is 12.3. The third kappa shape index (κ3) is 5.72. The molecule has 0 radical (unpaired) electrons. The second-order valence-electron chi connectivity index (χ2n) is 8.76. The van der Waals surface area contributed by atoms with Crippen molar-refractivity contribution in [2.75, 3.05) is 5.32 Å². The Morgan fingerprint density at radius 3 is 2.13 bits per heavy atom. The number of anilines is 1. The predicted octanol–water partition coefficient (Wildman–Crippen LogP) is 5.67. The van der Waals surface area contributed by atoms with Crippen molar-refractivity contribution in [3.8, 4) is 0 Å². The Labute approximate surface area is 195 Å². The number of nitrogens with zero attached hydrogens (tertiary/aromatic N) is 1. The van der Waals surface area contributed by atoms with Crippen molar-refractivity contribution in [2.45, 2.75) is 40.0 Å². The minimum Gasteiger partial charge on any atom is -0.867 e. The predicted molar refractivity (Wildman–Crippen MR) is 132 cm³/mol. The first-order valence-electron chi connectivity index (χ1n) is 10.1. The van der Waals surface area contributed by atoms with Gasteiger partial charge < -0.3 is 10.4 Å².